The summed E-state index contributed by atoms with van der Waals surface area (Å²) < 4.78 is 0. The van der Waals surface area contributed by atoms with Crippen LogP contribution in [-0.2, 0) is 22.7 Å². The Kier molecular flexibility index (Phi) is 5.59. The molecule has 0 saturated heterocycles. The van der Waals surface area contributed by atoms with E-state index in [4.69, 9.17) is 0 Å². The number of carbonyl (C=O) groups is 2. The molecular weight excluding hydrogens is 280 g/mol. The summed E-state index contributed by atoms with van der Waals surface area (Å²) >= 11 is 0. The summed E-state index contributed by atoms with van der Waals surface area (Å²) in [6, 6.07) is 7.34. The minimum absolute atomic E-state index is 0.0257. The fourth-order valence-electron chi connectivity index (χ4n) is 1.92. The van der Waals surface area contributed by atoms with E-state index in [0.717, 1.165) is 11.1 Å². The summed E-state index contributed by atoms with van der Waals surface area (Å²) in [5, 5.41) is 2.78. The van der Waals surface area contributed by atoms with Crippen LogP contribution in [0.5, 0.6) is 0 Å². The van der Waals surface area contributed by atoms with Crippen molar-refractivity contribution in [2.75, 3.05) is 6.54 Å². The van der Waals surface area contributed by atoms with Crippen LogP contribution in [0.25, 0.3) is 0 Å². The van der Waals surface area contributed by atoms with E-state index in [0.29, 0.717) is 13.1 Å². The zero-order valence-corrected chi connectivity index (χ0v) is 12.4. The van der Waals surface area contributed by atoms with Crippen molar-refractivity contribution in [2.45, 2.75) is 20.0 Å². The van der Waals surface area contributed by atoms with Crippen LogP contribution in [0.2, 0.25) is 0 Å². The quantitative estimate of drug-likeness (QED) is 0.868. The summed E-state index contributed by atoms with van der Waals surface area (Å²) in [6.45, 7) is 2.26. The van der Waals surface area contributed by atoms with Gasteiger partial charge in [0.2, 0.25) is 11.8 Å². The highest BCUT2D eigenvalue weighted by molar-refractivity contribution is 5.83. The Hall–Kier alpha value is -2.76. The molecule has 114 valence electrons. The number of nitrogens with zero attached hydrogens (tertiary/aromatic N) is 3. The number of pyridine rings is 2. The number of carbonyl (C=O) groups excluding carboxylic acids is 2. The molecule has 0 saturated carbocycles. The maximum Gasteiger partial charge on any atom is 0.239 e. The van der Waals surface area contributed by atoms with E-state index in [2.05, 4.69) is 15.3 Å². The van der Waals surface area contributed by atoms with Crippen molar-refractivity contribution >= 4 is 11.8 Å². The molecule has 0 atom stereocenters. The predicted octanol–water partition coefficient (Wildman–Crippen LogP) is 1.14. The van der Waals surface area contributed by atoms with Crippen LogP contribution in [0, 0.1) is 0 Å². The second-order valence-electron chi connectivity index (χ2n) is 4.87. The molecule has 6 heteroatoms. The van der Waals surface area contributed by atoms with E-state index in [1.807, 2.05) is 24.3 Å². The van der Waals surface area contributed by atoms with E-state index in [1.165, 1.54) is 11.8 Å². The Labute approximate surface area is 129 Å². The Morgan fingerprint density at radius 3 is 2.50 bits per heavy atom. The number of hydrogen-bond acceptors (Lipinski definition) is 4. The number of nitrogens with one attached hydrogen (secondary N) is 1. The van der Waals surface area contributed by atoms with Gasteiger partial charge in [-0.3, -0.25) is 19.6 Å². The highest BCUT2D eigenvalue weighted by Crippen LogP contribution is 2.03. The van der Waals surface area contributed by atoms with Crippen LogP contribution >= 0.6 is 0 Å². The molecule has 0 aliphatic carbocycles. The van der Waals surface area contributed by atoms with Crippen molar-refractivity contribution in [3.8, 4) is 0 Å². The maximum absolute atomic E-state index is 12.0. The number of amides is 2. The summed E-state index contributed by atoms with van der Waals surface area (Å²) in [5.41, 5.74) is 1.85. The van der Waals surface area contributed by atoms with Gasteiger partial charge in [-0.1, -0.05) is 6.07 Å². The lowest BCUT2D eigenvalue weighted by Crippen LogP contribution is -2.39. The van der Waals surface area contributed by atoms with Gasteiger partial charge in [-0.2, -0.15) is 0 Å². The van der Waals surface area contributed by atoms with Crippen molar-refractivity contribution in [1.29, 1.82) is 0 Å². The molecule has 2 aromatic rings. The number of aromatic nitrogens is 2. The molecule has 2 aromatic heterocycles. The van der Waals surface area contributed by atoms with E-state index in [9.17, 15) is 9.59 Å². The first kappa shape index (κ1) is 15.6. The summed E-state index contributed by atoms with van der Waals surface area (Å²) in [7, 11) is 0. The molecule has 6 nitrogen and oxygen atoms in total. The zero-order chi connectivity index (χ0) is 15.8. The third kappa shape index (κ3) is 4.97. The zero-order valence-electron chi connectivity index (χ0n) is 12.4. The smallest absolute Gasteiger partial charge is 0.239 e. The van der Waals surface area contributed by atoms with Crippen molar-refractivity contribution in [2.24, 2.45) is 0 Å². The van der Waals surface area contributed by atoms with Crippen LogP contribution in [0.4, 0.5) is 0 Å². The van der Waals surface area contributed by atoms with Gasteiger partial charge in [-0.15, -0.1) is 0 Å². The van der Waals surface area contributed by atoms with E-state index < -0.39 is 0 Å². The van der Waals surface area contributed by atoms with Crippen LogP contribution < -0.4 is 5.32 Å². The summed E-state index contributed by atoms with van der Waals surface area (Å²) in [6.07, 6.45) is 6.70. The Morgan fingerprint density at radius 1 is 1.09 bits per heavy atom. The molecule has 0 aliphatic heterocycles. The van der Waals surface area contributed by atoms with Crippen molar-refractivity contribution in [3.05, 3.63) is 60.2 Å². The lowest BCUT2D eigenvalue weighted by molar-refractivity contribution is -0.135. The molecule has 0 spiro atoms. The lowest BCUT2D eigenvalue weighted by atomic mass is 10.2. The average Bonchev–Trinajstić information content (AvgIpc) is 2.54. The molecule has 22 heavy (non-hydrogen) atoms. The van der Waals surface area contributed by atoms with Crippen LogP contribution in [0.3, 0.4) is 0 Å². The van der Waals surface area contributed by atoms with Crippen molar-refractivity contribution < 1.29 is 9.59 Å². The molecule has 2 amide bonds. The Morgan fingerprint density at radius 2 is 1.86 bits per heavy atom. The van der Waals surface area contributed by atoms with Crippen molar-refractivity contribution in [3.63, 3.8) is 0 Å². The van der Waals surface area contributed by atoms with Crippen LogP contribution in [0.15, 0.2) is 49.1 Å². The highest BCUT2D eigenvalue weighted by atomic mass is 16.2. The summed E-state index contributed by atoms with van der Waals surface area (Å²) in [5.74, 6) is -0.346. The van der Waals surface area contributed by atoms with E-state index in [1.54, 1.807) is 24.8 Å². The van der Waals surface area contributed by atoms with Gasteiger partial charge in [0.1, 0.15) is 0 Å². The van der Waals surface area contributed by atoms with Gasteiger partial charge in [0.25, 0.3) is 0 Å². The standard InChI is InChI=1S/C16H18N4O2/c1-13(21)20(11-14-4-7-17-8-5-14)12-16(22)19-10-15-3-2-6-18-9-15/h2-9H,10-12H2,1H3,(H,19,22). The SMILES string of the molecule is CC(=O)N(CC(=O)NCc1cccnc1)Cc1ccncc1. The van der Waals surface area contributed by atoms with Gasteiger partial charge in [-0.25, -0.2) is 0 Å². The fraction of sp³-hybridized carbons (Fsp3) is 0.250. The van der Waals surface area contributed by atoms with Gasteiger partial charge >= 0.3 is 0 Å². The molecule has 2 heterocycles. The third-order valence-electron chi connectivity index (χ3n) is 3.12. The minimum atomic E-state index is -0.201. The van der Waals surface area contributed by atoms with Gasteiger partial charge < -0.3 is 10.2 Å². The van der Waals surface area contributed by atoms with Gasteiger partial charge in [0.15, 0.2) is 0 Å². The second kappa shape index (κ2) is 7.87. The molecule has 0 aliphatic rings. The Balaban J connectivity index is 1.88. The first-order valence-corrected chi connectivity index (χ1v) is 6.95. The topological polar surface area (TPSA) is 75.2 Å². The van der Waals surface area contributed by atoms with Crippen LogP contribution in [-0.4, -0.2) is 33.2 Å². The molecule has 0 bridgehead atoms. The van der Waals surface area contributed by atoms with Crippen molar-refractivity contribution in [1.82, 2.24) is 20.2 Å². The third-order valence-corrected chi connectivity index (χ3v) is 3.12. The van der Waals surface area contributed by atoms with Gasteiger partial charge in [0.05, 0.1) is 6.54 Å². The molecule has 1 N–H and O–H groups in total. The monoisotopic (exact) mass is 298 g/mol. The summed E-state index contributed by atoms with van der Waals surface area (Å²) in [4.78, 5) is 33.1. The molecule has 0 aromatic carbocycles. The van der Waals surface area contributed by atoms with Crippen LogP contribution in [0.1, 0.15) is 18.1 Å². The molecule has 0 radical (unpaired) electrons. The predicted molar refractivity (Wildman–Crippen MR) is 81.4 cm³/mol. The molecule has 0 unspecified atom stereocenters. The second-order valence-corrected chi connectivity index (χ2v) is 4.87. The first-order valence-electron chi connectivity index (χ1n) is 6.95. The minimum Gasteiger partial charge on any atom is -0.350 e. The maximum atomic E-state index is 12.0. The highest BCUT2D eigenvalue weighted by Gasteiger charge is 2.13. The average molecular weight is 298 g/mol. The number of hydrogen-bond donors (Lipinski definition) is 1. The largest absolute Gasteiger partial charge is 0.350 e. The van der Waals surface area contributed by atoms with E-state index in [-0.39, 0.29) is 18.4 Å². The Bertz CT molecular complexity index is 617. The molecule has 0 fully saturated rings. The van der Waals surface area contributed by atoms with Gasteiger partial charge in [0, 0.05) is 44.8 Å². The molecular formula is C16H18N4O2. The fourth-order valence-corrected chi connectivity index (χ4v) is 1.92. The van der Waals surface area contributed by atoms with Gasteiger partial charge in [-0.05, 0) is 29.3 Å². The normalized spacial score (nSPS) is 10.0. The first-order chi connectivity index (χ1) is 10.6. The lowest BCUT2D eigenvalue weighted by Gasteiger charge is -2.20. The number of rotatable bonds is 6. The van der Waals surface area contributed by atoms with E-state index >= 15 is 0 Å². The molecule has 2 rings (SSSR count).